The van der Waals surface area contributed by atoms with Crippen LogP contribution in [-0.4, -0.2) is 15.0 Å². The standard InChI is InChI=1S/C10H6N2O5/c13-10-7-2-1-3-8(11(14)15)6(7)4-5-9(10)12(16)17/h1-5,13H. The molecule has 0 aromatic heterocycles. The lowest BCUT2D eigenvalue weighted by Gasteiger charge is -2.02. The summed E-state index contributed by atoms with van der Waals surface area (Å²) in [6, 6.07) is 6.33. The van der Waals surface area contributed by atoms with Gasteiger partial charge in [-0.1, -0.05) is 6.07 Å². The lowest BCUT2D eigenvalue weighted by atomic mass is 10.1. The van der Waals surface area contributed by atoms with E-state index in [2.05, 4.69) is 0 Å². The quantitative estimate of drug-likeness (QED) is 0.633. The molecular formula is C10H6N2O5. The summed E-state index contributed by atoms with van der Waals surface area (Å²) in [6.45, 7) is 0. The number of nitro benzene ring substituents is 2. The number of benzene rings is 2. The first kappa shape index (κ1) is 10.8. The van der Waals surface area contributed by atoms with Gasteiger partial charge in [-0.05, 0) is 12.1 Å². The number of non-ortho nitro benzene ring substituents is 1. The average Bonchev–Trinajstić information content (AvgIpc) is 2.28. The van der Waals surface area contributed by atoms with E-state index < -0.39 is 21.3 Å². The number of phenolic OH excluding ortho intramolecular Hbond substituents is 1. The van der Waals surface area contributed by atoms with Crippen LogP contribution in [0.1, 0.15) is 0 Å². The average molecular weight is 234 g/mol. The van der Waals surface area contributed by atoms with Crippen molar-refractivity contribution in [1.82, 2.24) is 0 Å². The third-order valence-corrected chi connectivity index (χ3v) is 2.38. The van der Waals surface area contributed by atoms with Gasteiger partial charge in [-0.3, -0.25) is 20.2 Å². The maximum atomic E-state index is 10.7. The van der Waals surface area contributed by atoms with E-state index in [1.807, 2.05) is 0 Å². The number of hydrogen-bond acceptors (Lipinski definition) is 5. The van der Waals surface area contributed by atoms with Gasteiger partial charge in [0.25, 0.3) is 5.69 Å². The normalized spacial score (nSPS) is 10.4. The number of phenols is 1. The van der Waals surface area contributed by atoms with Gasteiger partial charge in [-0.25, -0.2) is 0 Å². The van der Waals surface area contributed by atoms with Crippen molar-refractivity contribution < 1.29 is 15.0 Å². The maximum Gasteiger partial charge on any atom is 0.311 e. The Balaban J connectivity index is 2.85. The van der Waals surface area contributed by atoms with Crippen LogP contribution in [0.5, 0.6) is 5.75 Å². The third-order valence-electron chi connectivity index (χ3n) is 2.38. The Morgan fingerprint density at radius 1 is 0.882 bits per heavy atom. The Bertz CT molecular complexity index is 638. The van der Waals surface area contributed by atoms with Crippen LogP contribution in [0.15, 0.2) is 30.3 Å². The molecule has 0 unspecified atom stereocenters. The number of aromatic hydroxyl groups is 1. The first-order valence-corrected chi connectivity index (χ1v) is 4.56. The molecule has 0 atom stereocenters. The number of nitro groups is 2. The van der Waals surface area contributed by atoms with Crippen molar-refractivity contribution in [3.63, 3.8) is 0 Å². The van der Waals surface area contributed by atoms with Gasteiger partial charge in [0.1, 0.15) is 0 Å². The number of nitrogens with zero attached hydrogens (tertiary/aromatic N) is 2. The summed E-state index contributed by atoms with van der Waals surface area (Å²) in [5.74, 6) is -0.559. The SMILES string of the molecule is O=[N+]([O-])c1ccc2c([N+](=O)[O-])cccc2c1O. The zero-order chi connectivity index (χ0) is 12.6. The van der Waals surface area contributed by atoms with E-state index in [9.17, 15) is 25.3 Å². The fourth-order valence-corrected chi connectivity index (χ4v) is 1.62. The molecule has 0 aliphatic heterocycles. The highest BCUT2D eigenvalue weighted by Gasteiger charge is 2.20. The zero-order valence-corrected chi connectivity index (χ0v) is 8.36. The molecule has 0 heterocycles. The first-order valence-electron chi connectivity index (χ1n) is 4.56. The molecular weight excluding hydrogens is 228 g/mol. The summed E-state index contributed by atoms with van der Waals surface area (Å²) in [7, 11) is 0. The molecule has 1 N–H and O–H groups in total. The van der Waals surface area contributed by atoms with Crippen molar-refractivity contribution >= 4 is 22.1 Å². The van der Waals surface area contributed by atoms with E-state index in [-0.39, 0.29) is 16.5 Å². The highest BCUT2D eigenvalue weighted by Crippen LogP contribution is 2.37. The molecule has 17 heavy (non-hydrogen) atoms. The molecule has 0 amide bonds. The molecule has 0 aliphatic carbocycles. The van der Waals surface area contributed by atoms with Crippen LogP contribution in [-0.2, 0) is 0 Å². The second kappa shape index (κ2) is 3.71. The van der Waals surface area contributed by atoms with Crippen molar-refractivity contribution in [2.75, 3.05) is 0 Å². The van der Waals surface area contributed by atoms with Crippen LogP contribution in [0.25, 0.3) is 10.8 Å². The van der Waals surface area contributed by atoms with Crippen LogP contribution in [0.4, 0.5) is 11.4 Å². The van der Waals surface area contributed by atoms with Crippen molar-refractivity contribution in [1.29, 1.82) is 0 Å². The fourth-order valence-electron chi connectivity index (χ4n) is 1.62. The van der Waals surface area contributed by atoms with Crippen LogP contribution in [0.3, 0.4) is 0 Å². The Morgan fingerprint density at radius 2 is 1.53 bits per heavy atom. The monoisotopic (exact) mass is 234 g/mol. The smallest absolute Gasteiger partial charge is 0.311 e. The lowest BCUT2D eigenvalue weighted by Crippen LogP contribution is -1.92. The highest BCUT2D eigenvalue weighted by atomic mass is 16.6. The third kappa shape index (κ3) is 1.63. The lowest BCUT2D eigenvalue weighted by molar-refractivity contribution is -0.385. The summed E-state index contributed by atoms with van der Waals surface area (Å²) >= 11 is 0. The molecule has 0 aliphatic rings. The molecule has 7 heteroatoms. The molecule has 0 saturated carbocycles. The second-order valence-corrected chi connectivity index (χ2v) is 3.32. The predicted molar refractivity (Wildman–Crippen MR) is 58.9 cm³/mol. The molecule has 0 spiro atoms. The largest absolute Gasteiger partial charge is 0.502 e. The zero-order valence-electron chi connectivity index (χ0n) is 8.36. The molecule has 0 bridgehead atoms. The van der Waals surface area contributed by atoms with Gasteiger partial charge in [0.05, 0.1) is 15.2 Å². The van der Waals surface area contributed by atoms with Crippen LogP contribution in [0.2, 0.25) is 0 Å². The second-order valence-electron chi connectivity index (χ2n) is 3.32. The molecule has 2 aromatic carbocycles. The van der Waals surface area contributed by atoms with E-state index >= 15 is 0 Å². The Labute approximate surface area is 94.2 Å². The minimum atomic E-state index is -0.742. The number of hydrogen-bond donors (Lipinski definition) is 1. The van der Waals surface area contributed by atoms with Crippen molar-refractivity contribution in [2.24, 2.45) is 0 Å². The molecule has 0 saturated heterocycles. The van der Waals surface area contributed by atoms with Gasteiger partial charge in [0.2, 0.25) is 5.75 Å². The van der Waals surface area contributed by atoms with Crippen LogP contribution >= 0.6 is 0 Å². The molecule has 0 fully saturated rings. The summed E-state index contributed by atoms with van der Waals surface area (Å²) in [4.78, 5) is 20.0. The highest BCUT2D eigenvalue weighted by molar-refractivity contribution is 5.97. The first-order chi connectivity index (χ1) is 8.02. The van der Waals surface area contributed by atoms with Gasteiger partial charge < -0.3 is 5.11 Å². The predicted octanol–water partition coefficient (Wildman–Crippen LogP) is 2.36. The Morgan fingerprint density at radius 3 is 2.12 bits per heavy atom. The number of fused-ring (bicyclic) bond motifs is 1. The van der Waals surface area contributed by atoms with Gasteiger partial charge in [0, 0.05) is 17.5 Å². The van der Waals surface area contributed by atoms with E-state index in [1.54, 1.807) is 0 Å². The van der Waals surface area contributed by atoms with Gasteiger partial charge in [-0.15, -0.1) is 0 Å². The van der Waals surface area contributed by atoms with Crippen molar-refractivity contribution in [3.8, 4) is 5.75 Å². The van der Waals surface area contributed by atoms with Crippen molar-refractivity contribution in [2.45, 2.75) is 0 Å². The minimum Gasteiger partial charge on any atom is -0.502 e. The molecule has 2 rings (SSSR count). The Hall–Kier alpha value is -2.70. The summed E-state index contributed by atoms with van der Waals surface area (Å²) in [5, 5.41) is 31.3. The van der Waals surface area contributed by atoms with Crippen molar-refractivity contribution in [3.05, 3.63) is 50.6 Å². The number of rotatable bonds is 2. The van der Waals surface area contributed by atoms with Crippen LogP contribution in [0, 0.1) is 20.2 Å². The van der Waals surface area contributed by atoms with E-state index in [0.29, 0.717) is 0 Å². The minimum absolute atomic E-state index is 0.0911. The van der Waals surface area contributed by atoms with Gasteiger partial charge in [-0.2, -0.15) is 0 Å². The summed E-state index contributed by atoms with van der Waals surface area (Å²) in [5.41, 5.74) is -0.675. The molecule has 0 radical (unpaired) electrons. The van der Waals surface area contributed by atoms with E-state index in [1.165, 1.54) is 24.3 Å². The van der Waals surface area contributed by atoms with Gasteiger partial charge in [0.15, 0.2) is 0 Å². The van der Waals surface area contributed by atoms with E-state index in [4.69, 9.17) is 0 Å². The van der Waals surface area contributed by atoms with Gasteiger partial charge >= 0.3 is 5.69 Å². The summed E-state index contributed by atoms with van der Waals surface area (Å²) in [6.07, 6.45) is 0. The fraction of sp³-hybridized carbons (Fsp3) is 0. The summed E-state index contributed by atoms with van der Waals surface area (Å²) < 4.78 is 0. The Kier molecular flexibility index (Phi) is 2.36. The van der Waals surface area contributed by atoms with E-state index in [0.717, 1.165) is 6.07 Å². The molecule has 2 aromatic rings. The topological polar surface area (TPSA) is 107 Å². The molecule has 86 valence electrons. The van der Waals surface area contributed by atoms with Crippen LogP contribution < -0.4 is 0 Å². The maximum absolute atomic E-state index is 10.7. The molecule has 7 nitrogen and oxygen atoms in total.